The Morgan fingerprint density at radius 1 is 1.41 bits per heavy atom. The Hall–Kier alpha value is -2.24. The van der Waals surface area contributed by atoms with Gasteiger partial charge in [0.2, 0.25) is 0 Å². The number of aromatic nitrogens is 2. The molecule has 0 radical (unpaired) electrons. The Kier molecular flexibility index (Phi) is 2.63. The van der Waals surface area contributed by atoms with Crippen molar-refractivity contribution in [2.75, 3.05) is 7.11 Å². The lowest BCUT2D eigenvalue weighted by molar-refractivity contribution is 0.0601. The van der Waals surface area contributed by atoms with Crippen LogP contribution >= 0.6 is 0 Å². The van der Waals surface area contributed by atoms with Gasteiger partial charge in [0.05, 0.1) is 29.0 Å². The summed E-state index contributed by atoms with van der Waals surface area (Å²) in [6.07, 6.45) is 0. The topological polar surface area (TPSA) is 73.5 Å². The number of nitroso groups, excluding NO2 is 1. The van der Waals surface area contributed by atoms with E-state index in [-0.39, 0.29) is 0 Å². The van der Waals surface area contributed by atoms with Gasteiger partial charge in [-0.05, 0) is 31.5 Å². The summed E-state index contributed by atoms with van der Waals surface area (Å²) in [6.45, 7) is 3.50. The molecule has 1 aromatic carbocycles. The number of imidazole rings is 1. The van der Waals surface area contributed by atoms with Crippen LogP contribution in [0.1, 0.15) is 21.7 Å². The van der Waals surface area contributed by atoms with E-state index in [9.17, 15) is 9.70 Å². The molecule has 17 heavy (non-hydrogen) atoms. The molecule has 0 unspecified atom stereocenters. The van der Waals surface area contributed by atoms with E-state index in [4.69, 9.17) is 0 Å². The minimum Gasteiger partial charge on any atom is -0.465 e. The van der Waals surface area contributed by atoms with Crippen LogP contribution in [0.4, 0.5) is 0 Å². The maximum absolute atomic E-state index is 11.5. The zero-order valence-electron chi connectivity index (χ0n) is 9.72. The number of benzene rings is 1. The number of hydrogen-bond acceptors (Lipinski definition) is 5. The van der Waals surface area contributed by atoms with Gasteiger partial charge >= 0.3 is 5.97 Å². The highest BCUT2D eigenvalue weighted by molar-refractivity contribution is 5.95. The van der Waals surface area contributed by atoms with Gasteiger partial charge in [-0.2, -0.15) is 4.68 Å². The summed E-state index contributed by atoms with van der Waals surface area (Å²) in [5, 5.41) is 2.88. The fraction of sp³-hybridized carbons (Fsp3) is 0.273. The first kappa shape index (κ1) is 11.3. The third-order valence-corrected chi connectivity index (χ3v) is 2.59. The van der Waals surface area contributed by atoms with Gasteiger partial charge in [-0.15, -0.1) is 4.91 Å². The van der Waals surface area contributed by atoms with Gasteiger partial charge in [-0.25, -0.2) is 9.78 Å². The van der Waals surface area contributed by atoms with Gasteiger partial charge in [0, 0.05) is 0 Å². The first-order valence-electron chi connectivity index (χ1n) is 5.00. The predicted octanol–water partition coefficient (Wildman–Crippen LogP) is 1.97. The molecule has 0 amide bonds. The van der Waals surface area contributed by atoms with Gasteiger partial charge in [-0.3, -0.25) is 0 Å². The highest BCUT2D eigenvalue weighted by Crippen LogP contribution is 2.22. The molecule has 1 heterocycles. The Bertz CT molecular complexity index is 616. The summed E-state index contributed by atoms with van der Waals surface area (Å²) < 4.78 is 5.80. The zero-order valence-corrected chi connectivity index (χ0v) is 9.72. The maximum Gasteiger partial charge on any atom is 0.337 e. The number of carbonyl (C=O) groups is 1. The number of nitrogens with zero attached hydrogens (tertiary/aromatic N) is 3. The highest BCUT2D eigenvalue weighted by atomic mass is 16.5. The van der Waals surface area contributed by atoms with E-state index < -0.39 is 5.97 Å². The Morgan fingerprint density at radius 3 is 2.71 bits per heavy atom. The summed E-state index contributed by atoms with van der Waals surface area (Å²) in [6, 6.07) is 3.23. The summed E-state index contributed by atoms with van der Waals surface area (Å²) in [5.74, 6) is 0.0337. The van der Waals surface area contributed by atoms with Crippen LogP contribution in [-0.2, 0) is 4.74 Å². The highest BCUT2D eigenvalue weighted by Gasteiger charge is 2.14. The van der Waals surface area contributed by atoms with E-state index in [0.29, 0.717) is 22.4 Å². The first-order valence-corrected chi connectivity index (χ1v) is 5.00. The third-order valence-electron chi connectivity index (χ3n) is 2.59. The maximum atomic E-state index is 11.5. The molecule has 6 heteroatoms. The number of fused-ring (bicyclic) bond motifs is 1. The molecule has 0 aliphatic rings. The second kappa shape index (κ2) is 3.97. The predicted molar refractivity (Wildman–Crippen MR) is 61.7 cm³/mol. The Morgan fingerprint density at radius 2 is 2.12 bits per heavy atom. The van der Waals surface area contributed by atoms with Crippen LogP contribution < -0.4 is 0 Å². The second-order valence-electron chi connectivity index (χ2n) is 3.70. The Balaban J connectivity index is 2.78. The van der Waals surface area contributed by atoms with Crippen molar-refractivity contribution >= 4 is 17.0 Å². The first-order chi connectivity index (χ1) is 8.08. The molecular weight excluding hydrogens is 222 g/mol. The van der Waals surface area contributed by atoms with Crippen molar-refractivity contribution in [3.8, 4) is 0 Å². The van der Waals surface area contributed by atoms with Crippen LogP contribution in [0.5, 0.6) is 0 Å². The molecule has 6 nitrogen and oxygen atoms in total. The van der Waals surface area contributed by atoms with Crippen molar-refractivity contribution in [1.82, 2.24) is 9.66 Å². The summed E-state index contributed by atoms with van der Waals surface area (Å²) in [4.78, 5) is 26.4. The summed E-state index contributed by atoms with van der Waals surface area (Å²) in [7, 11) is 1.31. The number of aryl methyl sites for hydroxylation is 2. The quantitative estimate of drug-likeness (QED) is 0.587. The van der Waals surface area contributed by atoms with E-state index in [0.717, 1.165) is 10.2 Å². The Labute approximate surface area is 97.2 Å². The largest absolute Gasteiger partial charge is 0.465 e. The van der Waals surface area contributed by atoms with Gasteiger partial charge in [0.25, 0.3) is 0 Å². The van der Waals surface area contributed by atoms with E-state index in [1.54, 1.807) is 19.1 Å². The van der Waals surface area contributed by atoms with Gasteiger partial charge in [0.15, 0.2) is 0 Å². The minimum absolute atomic E-state index is 0.377. The average molecular weight is 233 g/mol. The van der Waals surface area contributed by atoms with Crippen molar-refractivity contribution in [3.63, 3.8) is 0 Å². The smallest absolute Gasteiger partial charge is 0.337 e. The van der Waals surface area contributed by atoms with Crippen LogP contribution in [0, 0.1) is 18.8 Å². The normalized spacial score (nSPS) is 10.5. The van der Waals surface area contributed by atoms with E-state index in [1.807, 2.05) is 6.92 Å². The molecule has 0 atom stereocenters. The number of carbonyl (C=O) groups excluding carboxylic acids is 1. The van der Waals surface area contributed by atoms with Crippen molar-refractivity contribution in [2.45, 2.75) is 13.8 Å². The number of methoxy groups -OCH3 is 1. The molecule has 0 N–H and O–H groups in total. The van der Waals surface area contributed by atoms with Gasteiger partial charge in [0.1, 0.15) is 5.82 Å². The van der Waals surface area contributed by atoms with Crippen molar-refractivity contribution in [1.29, 1.82) is 0 Å². The third kappa shape index (κ3) is 1.67. The van der Waals surface area contributed by atoms with Crippen LogP contribution in [0.3, 0.4) is 0 Å². The molecule has 0 spiro atoms. The molecule has 0 aliphatic carbocycles. The van der Waals surface area contributed by atoms with E-state index >= 15 is 0 Å². The second-order valence-corrected chi connectivity index (χ2v) is 3.70. The van der Waals surface area contributed by atoms with Crippen LogP contribution in [-0.4, -0.2) is 22.7 Å². The van der Waals surface area contributed by atoms with Crippen LogP contribution in [0.15, 0.2) is 17.4 Å². The molecule has 2 aromatic rings. The van der Waals surface area contributed by atoms with Gasteiger partial charge < -0.3 is 4.74 Å². The van der Waals surface area contributed by atoms with Crippen molar-refractivity contribution in [3.05, 3.63) is 34.0 Å². The fourth-order valence-corrected chi connectivity index (χ4v) is 1.79. The molecule has 0 aliphatic heterocycles. The number of ether oxygens (including phenoxy) is 1. The minimum atomic E-state index is -0.452. The lowest BCUT2D eigenvalue weighted by Crippen LogP contribution is -2.02. The van der Waals surface area contributed by atoms with E-state index in [1.165, 1.54) is 7.11 Å². The monoisotopic (exact) mass is 233 g/mol. The average Bonchev–Trinajstić information content (AvgIpc) is 2.64. The molecule has 88 valence electrons. The lowest BCUT2D eigenvalue weighted by atomic mass is 10.1. The molecule has 0 saturated carbocycles. The summed E-state index contributed by atoms with van der Waals surface area (Å²) in [5.41, 5.74) is 2.35. The SMILES string of the molecule is COC(=O)c1cc(C)c2nc(C)n(N=O)c2c1. The zero-order chi connectivity index (χ0) is 12.6. The number of rotatable bonds is 2. The standard InChI is InChI=1S/C11H11N3O3/c1-6-4-8(11(15)17-3)5-9-10(6)12-7(2)14(9)13-16/h4-5H,1-3H3. The van der Waals surface area contributed by atoms with Crippen molar-refractivity contribution < 1.29 is 9.53 Å². The van der Waals surface area contributed by atoms with Crippen LogP contribution in [0.25, 0.3) is 11.0 Å². The molecule has 0 bridgehead atoms. The lowest BCUT2D eigenvalue weighted by Gasteiger charge is -2.02. The molecule has 0 saturated heterocycles. The molecular formula is C11H11N3O3. The van der Waals surface area contributed by atoms with Crippen molar-refractivity contribution in [2.24, 2.45) is 5.29 Å². The summed E-state index contributed by atoms with van der Waals surface area (Å²) >= 11 is 0. The molecule has 2 rings (SSSR count). The number of esters is 1. The van der Waals surface area contributed by atoms with E-state index in [2.05, 4.69) is 15.0 Å². The molecule has 0 fully saturated rings. The van der Waals surface area contributed by atoms with Gasteiger partial charge in [-0.1, -0.05) is 0 Å². The molecule has 1 aromatic heterocycles. The fourth-order valence-electron chi connectivity index (χ4n) is 1.79. The number of hydrogen-bond donors (Lipinski definition) is 0. The van der Waals surface area contributed by atoms with Crippen LogP contribution in [0.2, 0.25) is 0 Å².